The van der Waals surface area contributed by atoms with Crippen LogP contribution in [0.5, 0.6) is 0 Å². The van der Waals surface area contributed by atoms with Crippen LogP contribution in [0.1, 0.15) is 123 Å². The SMILES string of the molecule is CCCCCCCCCCCCCCCCNC(=O)[C@H](Cc1c[nH]c2ccccc12)NC(=O)OC(C)(C)C. The number of nitrogens with one attached hydrogen (secondary N) is 3. The molecule has 0 saturated carbocycles. The predicted octanol–water partition coefficient (Wildman–Crippen LogP) is 8.20. The van der Waals surface area contributed by atoms with Gasteiger partial charge in [-0.2, -0.15) is 0 Å². The molecule has 0 radical (unpaired) electrons. The van der Waals surface area contributed by atoms with E-state index in [4.69, 9.17) is 4.74 Å². The molecular weight excluding hydrogens is 474 g/mol. The van der Waals surface area contributed by atoms with E-state index in [0.717, 1.165) is 29.3 Å². The molecule has 1 aromatic carbocycles. The summed E-state index contributed by atoms with van der Waals surface area (Å²) >= 11 is 0. The van der Waals surface area contributed by atoms with Gasteiger partial charge in [0.2, 0.25) is 5.91 Å². The van der Waals surface area contributed by atoms with Gasteiger partial charge < -0.3 is 20.4 Å². The highest BCUT2D eigenvalue weighted by molar-refractivity contribution is 5.88. The van der Waals surface area contributed by atoms with E-state index < -0.39 is 17.7 Å². The lowest BCUT2D eigenvalue weighted by molar-refractivity contribution is -0.123. The van der Waals surface area contributed by atoms with Crippen molar-refractivity contribution in [3.63, 3.8) is 0 Å². The van der Waals surface area contributed by atoms with E-state index in [1.165, 1.54) is 77.0 Å². The lowest BCUT2D eigenvalue weighted by Crippen LogP contribution is -2.49. The first-order chi connectivity index (χ1) is 18.3. The summed E-state index contributed by atoms with van der Waals surface area (Å²) in [7, 11) is 0. The van der Waals surface area contributed by atoms with Crippen LogP contribution < -0.4 is 10.6 Å². The number of aromatic nitrogens is 1. The number of H-pyrrole nitrogens is 1. The highest BCUT2D eigenvalue weighted by Crippen LogP contribution is 2.19. The molecule has 2 aromatic rings. The molecule has 0 unspecified atom stereocenters. The van der Waals surface area contributed by atoms with Crippen molar-refractivity contribution in [3.05, 3.63) is 36.0 Å². The Bertz CT molecular complexity index is 931. The minimum absolute atomic E-state index is 0.171. The van der Waals surface area contributed by atoms with Gasteiger partial charge in [-0.1, -0.05) is 109 Å². The maximum Gasteiger partial charge on any atom is 0.408 e. The Morgan fingerprint density at radius 3 is 1.97 bits per heavy atom. The van der Waals surface area contributed by atoms with Crippen LogP contribution in [-0.2, 0) is 16.0 Å². The third kappa shape index (κ3) is 13.3. The first-order valence-electron chi connectivity index (χ1n) is 15.1. The zero-order chi connectivity index (χ0) is 27.6. The summed E-state index contributed by atoms with van der Waals surface area (Å²) in [5.41, 5.74) is 1.38. The Morgan fingerprint density at radius 1 is 0.842 bits per heavy atom. The summed E-state index contributed by atoms with van der Waals surface area (Å²) in [6.07, 6.45) is 20.0. The van der Waals surface area contributed by atoms with Crippen molar-refractivity contribution in [2.45, 2.75) is 136 Å². The standard InChI is InChI=1S/C32H53N3O3/c1-5-6-7-8-9-10-11-12-13-14-15-16-17-20-23-33-30(36)29(35-31(37)38-32(2,3)4)24-26-25-34-28-22-19-18-21-27(26)28/h18-19,21-22,25,29,34H,5-17,20,23-24H2,1-4H3,(H,33,36)(H,35,37)/t29-/m0/s1. The molecule has 6 nitrogen and oxygen atoms in total. The van der Waals surface area contributed by atoms with E-state index in [1.54, 1.807) is 0 Å². The topological polar surface area (TPSA) is 83.2 Å². The van der Waals surface area contributed by atoms with E-state index in [9.17, 15) is 9.59 Å². The minimum Gasteiger partial charge on any atom is -0.444 e. The predicted molar refractivity (Wildman–Crippen MR) is 158 cm³/mol. The largest absolute Gasteiger partial charge is 0.444 e. The summed E-state index contributed by atoms with van der Waals surface area (Å²) in [6, 6.07) is 7.28. The lowest BCUT2D eigenvalue weighted by Gasteiger charge is -2.23. The summed E-state index contributed by atoms with van der Waals surface area (Å²) in [6.45, 7) is 8.34. The number of para-hydroxylation sites is 1. The average molecular weight is 528 g/mol. The van der Waals surface area contributed by atoms with E-state index in [-0.39, 0.29) is 5.91 Å². The van der Waals surface area contributed by atoms with Gasteiger partial charge in [-0.05, 0) is 38.8 Å². The number of hydrogen-bond acceptors (Lipinski definition) is 3. The second-order valence-corrected chi connectivity index (χ2v) is 11.6. The minimum atomic E-state index is -0.698. The molecule has 2 amide bonds. The van der Waals surface area contributed by atoms with Crippen molar-refractivity contribution < 1.29 is 14.3 Å². The molecule has 38 heavy (non-hydrogen) atoms. The molecular formula is C32H53N3O3. The Hall–Kier alpha value is -2.50. The number of rotatable bonds is 19. The number of alkyl carbamates (subject to hydrolysis) is 1. The van der Waals surface area contributed by atoms with E-state index >= 15 is 0 Å². The quantitative estimate of drug-likeness (QED) is 0.161. The summed E-state index contributed by atoms with van der Waals surface area (Å²) in [5.74, 6) is -0.171. The van der Waals surface area contributed by atoms with Crippen LogP contribution in [-0.4, -0.2) is 35.2 Å². The fourth-order valence-corrected chi connectivity index (χ4v) is 4.83. The molecule has 1 atom stereocenters. The first kappa shape index (κ1) is 31.7. The van der Waals surface area contributed by atoms with Crippen molar-refractivity contribution in [2.75, 3.05) is 6.54 Å². The summed E-state index contributed by atoms with van der Waals surface area (Å²) in [4.78, 5) is 28.8. The Labute approximate surface area is 231 Å². The number of fused-ring (bicyclic) bond motifs is 1. The molecule has 6 heteroatoms. The fourth-order valence-electron chi connectivity index (χ4n) is 4.83. The number of carbonyl (C=O) groups excluding carboxylic acids is 2. The van der Waals surface area contributed by atoms with Crippen LogP contribution >= 0.6 is 0 Å². The van der Waals surface area contributed by atoms with Crippen LogP contribution in [0.3, 0.4) is 0 Å². The van der Waals surface area contributed by atoms with Crippen molar-refractivity contribution in [1.82, 2.24) is 15.6 Å². The summed E-state index contributed by atoms with van der Waals surface area (Å²) < 4.78 is 5.42. The molecule has 0 fully saturated rings. The molecule has 0 saturated heterocycles. The van der Waals surface area contributed by atoms with Gasteiger partial charge in [0.25, 0.3) is 0 Å². The normalized spacial score (nSPS) is 12.4. The number of amides is 2. The number of benzene rings is 1. The lowest BCUT2D eigenvalue weighted by atomic mass is 10.0. The third-order valence-corrected chi connectivity index (χ3v) is 6.94. The van der Waals surface area contributed by atoms with Gasteiger partial charge >= 0.3 is 6.09 Å². The highest BCUT2D eigenvalue weighted by atomic mass is 16.6. The zero-order valence-electron chi connectivity index (χ0n) is 24.5. The molecule has 0 bridgehead atoms. The van der Waals surface area contributed by atoms with Gasteiger partial charge in [-0.25, -0.2) is 4.79 Å². The molecule has 0 aliphatic heterocycles. The first-order valence-corrected chi connectivity index (χ1v) is 15.1. The number of unbranched alkanes of at least 4 members (excludes halogenated alkanes) is 13. The van der Waals surface area contributed by atoms with Gasteiger partial charge in [0.1, 0.15) is 11.6 Å². The van der Waals surface area contributed by atoms with E-state index in [0.29, 0.717) is 13.0 Å². The van der Waals surface area contributed by atoms with E-state index in [1.807, 2.05) is 51.2 Å². The van der Waals surface area contributed by atoms with Gasteiger partial charge in [-0.15, -0.1) is 0 Å². The fraction of sp³-hybridized carbons (Fsp3) is 0.688. The molecule has 1 aromatic heterocycles. The van der Waals surface area contributed by atoms with Gasteiger partial charge in [0.15, 0.2) is 0 Å². The van der Waals surface area contributed by atoms with Crippen molar-refractivity contribution >= 4 is 22.9 Å². The van der Waals surface area contributed by atoms with Crippen molar-refractivity contribution in [2.24, 2.45) is 0 Å². The number of ether oxygens (including phenoxy) is 1. The second-order valence-electron chi connectivity index (χ2n) is 11.6. The molecule has 1 heterocycles. The monoisotopic (exact) mass is 527 g/mol. The van der Waals surface area contributed by atoms with Crippen LogP contribution in [0.2, 0.25) is 0 Å². The molecule has 2 rings (SSSR count). The Morgan fingerprint density at radius 2 is 1.39 bits per heavy atom. The second kappa shape index (κ2) is 17.9. The maximum atomic E-state index is 13.0. The van der Waals surface area contributed by atoms with Crippen molar-refractivity contribution in [3.8, 4) is 0 Å². The van der Waals surface area contributed by atoms with Gasteiger partial charge in [-0.3, -0.25) is 4.79 Å². The van der Waals surface area contributed by atoms with E-state index in [2.05, 4.69) is 22.5 Å². The Kier molecular flexibility index (Phi) is 14.9. The Balaban J connectivity index is 1.66. The highest BCUT2D eigenvalue weighted by Gasteiger charge is 2.25. The van der Waals surface area contributed by atoms with Crippen LogP contribution in [0.15, 0.2) is 30.5 Å². The molecule has 0 aliphatic rings. The molecule has 0 spiro atoms. The summed E-state index contributed by atoms with van der Waals surface area (Å²) in [5, 5.41) is 6.89. The van der Waals surface area contributed by atoms with Gasteiger partial charge in [0.05, 0.1) is 0 Å². The van der Waals surface area contributed by atoms with Crippen LogP contribution in [0.4, 0.5) is 4.79 Å². The van der Waals surface area contributed by atoms with Crippen molar-refractivity contribution in [1.29, 1.82) is 0 Å². The third-order valence-electron chi connectivity index (χ3n) is 6.94. The molecule has 0 aliphatic carbocycles. The maximum absolute atomic E-state index is 13.0. The van der Waals surface area contributed by atoms with Gasteiger partial charge in [0, 0.05) is 30.1 Å². The smallest absolute Gasteiger partial charge is 0.408 e. The number of aromatic amines is 1. The molecule has 3 N–H and O–H groups in total. The number of carbonyl (C=O) groups is 2. The van der Waals surface area contributed by atoms with Crippen LogP contribution in [0, 0.1) is 0 Å². The zero-order valence-corrected chi connectivity index (χ0v) is 24.5. The van der Waals surface area contributed by atoms with Crippen LogP contribution in [0.25, 0.3) is 10.9 Å². The average Bonchev–Trinajstić information content (AvgIpc) is 3.27. The molecule has 214 valence electrons. The number of hydrogen-bond donors (Lipinski definition) is 3.